The fraction of sp³-hybridized carbons (Fsp3) is 0.500. The van der Waals surface area contributed by atoms with Gasteiger partial charge < -0.3 is 10.2 Å². The van der Waals surface area contributed by atoms with Crippen molar-refractivity contribution in [3.8, 4) is 0 Å². The number of aryl methyl sites for hydroxylation is 1. The Morgan fingerprint density at radius 1 is 1.38 bits per heavy atom. The number of hydrogen-bond donors (Lipinski definition) is 2. The number of fused-ring (bicyclic) bond motifs is 1. The first kappa shape index (κ1) is 17.2. The van der Waals surface area contributed by atoms with Crippen molar-refractivity contribution < 1.29 is 4.79 Å². The molecule has 26 heavy (non-hydrogen) atoms. The molecule has 1 aliphatic carbocycles. The van der Waals surface area contributed by atoms with E-state index in [1.54, 1.807) is 0 Å². The van der Waals surface area contributed by atoms with E-state index in [9.17, 15) is 4.79 Å². The van der Waals surface area contributed by atoms with Crippen LogP contribution in [0.4, 0.5) is 0 Å². The molecule has 2 aromatic rings. The quantitative estimate of drug-likeness (QED) is 0.881. The van der Waals surface area contributed by atoms with Crippen LogP contribution in [0.5, 0.6) is 0 Å². The van der Waals surface area contributed by atoms with Gasteiger partial charge in [-0.1, -0.05) is 24.3 Å². The number of carbonyl (C=O) groups is 1. The summed E-state index contributed by atoms with van der Waals surface area (Å²) in [6.45, 7) is 3.09. The van der Waals surface area contributed by atoms with Crippen molar-refractivity contribution in [3.05, 3.63) is 53.3 Å². The molecule has 0 radical (unpaired) electrons. The molecular weight excluding hydrogens is 326 g/mol. The van der Waals surface area contributed by atoms with E-state index in [2.05, 4.69) is 44.7 Å². The van der Waals surface area contributed by atoms with Gasteiger partial charge in [0.05, 0.1) is 24.8 Å². The third-order valence-electron chi connectivity index (χ3n) is 5.80. The summed E-state index contributed by atoms with van der Waals surface area (Å²) in [5.41, 5.74) is 3.85. The minimum Gasteiger partial charge on any atom is -0.338 e. The zero-order chi connectivity index (χ0) is 17.9. The number of rotatable bonds is 4. The van der Waals surface area contributed by atoms with Crippen LogP contribution in [0.3, 0.4) is 0 Å². The number of carbonyl (C=O) groups excluding carboxylic acids is 1. The average Bonchev–Trinajstić information content (AvgIpc) is 3.22. The van der Waals surface area contributed by atoms with Crippen LogP contribution in [0.15, 0.2) is 36.7 Å². The van der Waals surface area contributed by atoms with Crippen molar-refractivity contribution in [2.75, 3.05) is 33.2 Å². The van der Waals surface area contributed by atoms with E-state index >= 15 is 0 Å². The summed E-state index contributed by atoms with van der Waals surface area (Å²) in [5, 5.41) is 10.4. The maximum atomic E-state index is 13.1. The van der Waals surface area contributed by atoms with Gasteiger partial charge in [0.15, 0.2) is 0 Å². The van der Waals surface area contributed by atoms with Crippen LogP contribution in [-0.4, -0.2) is 59.1 Å². The number of H-pyrrole nitrogens is 1. The van der Waals surface area contributed by atoms with Gasteiger partial charge in [0, 0.05) is 38.4 Å². The molecule has 1 aromatic heterocycles. The number of aromatic nitrogens is 2. The largest absolute Gasteiger partial charge is 0.338 e. The molecule has 6 nitrogen and oxygen atoms in total. The second-order valence-corrected chi connectivity index (χ2v) is 7.33. The van der Waals surface area contributed by atoms with Gasteiger partial charge in [-0.2, -0.15) is 5.10 Å². The Morgan fingerprint density at radius 2 is 2.27 bits per heavy atom. The number of amides is 1. The molecule has 0 bridgehead atoms. The summed E-state index contributed by atoms with van der Waals surface area (Å²) < 4.78 is 0. The highest BCUT2D eigenvalue weighted by Crippen LogP contribution is 2.33. The first-order valence-electron chi connectivity index (χ1n) is 9.51. The van der Waals surface area contributed by atoms with E-state index in [4.69, 9.17) is 0 Å². The maximum absolute atomic E-state index is 13.1. The molecule has 2 aliphatic rings. The second-order valence-electron chi connectivity index (χ2n) is 7.33. The highest BCUT2D eigenvalue weighted by molar-refractivity contribution is 5.78. The van der Waals surface area contributed by atoms with E-state index in [0.29, 0.717) is 6.54 Å². The van der Waals surface area contributed by atoms with Crippen molar-refractivity contribution in [1.82, 2.24) is 25.3 Å². The summed E-state index contributed by atoms with van der Waals surface area (Å²) in [6, 6.07) is 8.95. The molecular formula is C20H27N5O. The summed E-state index contributed by atoms with van der Waals surface area (Å²) in [7, 11) is 1.96. The molecule has 1 saturated heterocycles. The molecule has 2 N–H and O–H groups in total. The number of aromatic amines is 1. The average molecular weight is 353 g/mol. The van der Waals surface area contributed by atoms with Crippen LogP contribution in [0.1, 0.15) is 41.6 Å². The highest BCUT2D eigenvalue weighted by Gasteiger charge is 2.30. The summed E-state index contributed by atoms with van der Waals surface area (Å²) in [4.78, 5) is 17.3. The standard InChI is InChI=1S/C20H27N5O/c1-24(18-8-4-6-15-5-2-3-7-17(15)18)20(26)14-25-10-9-21-13-19(25)16-11-22-23-12-16/h2-3,5,7,11-12,18-19,21H,4,6,8-10,13-14H2,1H3,(H,22,23). The molecule has 1 amide bonds. The first-order valence-corrected chi connectivity index (χ1v) is 9.51. The van der Waals surface area contributed by atoms with Crippen LogP contribution < -0.4 is 5.32 Å². The smallest absolute Gasteiger partial charge is 0.237 e. The van der Waals surface area contributed by atoms with Crippen molar-refractivity contribution in [1.29, 1.82) is 0 Å². The zero-order valence-corrected chi connectivity index (χ0v) is 15.3. The lowest BCUT2D eigenvalue weighted by Gasteiger charge is -2.38. The van der Waals surface area contributed by atoms with E-state index in [0.717, 1.165) is 44.5 Å². The lowest BCUT2D eigenvalue weighted by molar-refractivity contribution is -0.134. The van der Waals surface area contributed by atoms with E-state index < -0.39 is 0 Å². The molecule has 2 atom stereocenters. The molecule has 2 unspecified atom stereocenters. The maximum Gasteiger partial charge on any atom is 0.237 e. The first-order chi connectivity index (χ1) is 12.7. The molecule has 1 aromatic carbocycles. The molecule has 4 rings (SSSR count). The van der Waals surface area contributed by atoms with Gasteiger partial charge in [0.2, 0.25) is 5.91 Å². The summed E-state index contributed by atoms with van der Waals surface area (Å²) in [5.74, 6) is 0.196. The second kappa shape index (κ2) is 7.60. The zero-order valence-electron chi connectivity index (χ0n) is 15.3. The Labute approximate surface area is 154 Å². The number of hydrogen-bond acceptors (Lipinski definition) is 4. The van der Waals surface area contributed by atoms with Crippen molar-refractivity contribution in [2.24, 2.45) is 0 Å². The van der Waals surface area contributed by atoms with Gasteiger partial charge in [-0.05, 0) is 30.4 Å². The minimum atomic E-state index is 0.193. The monoisotopic (exact) mass is 353 g/mol. The van der Waals surface area contributed by atoms with Gasteiger partial charge in [-0.25, -0.2) is 0 Å². The Bertz CT molecular complexity index is 744. The Morgan fingerprint density at radius 3 is 3.12 bits per heavy atom. The normalized spacial score (nSPS) is 23.4. The Hall–Kier alpha value is -2.18. The number of nitrogens with zero attached hydrogens (tertiary/aromatic N) is 3. The topological polar surface area (TPSA) is 64.3 Å². The van der Waals surface area contributed by atoms with E-state index in [-0.39, 0.29) is 18.0 Å². The lowest BCUT2D eigenvalue weighted by atomic mass is 9.87. The molecule has 1 aliphatic heterocycles. The van der Waals surface area contributed by atoms with E-state index in [1.807, 2.05) is 24.3 Å². The summed E-state index contributed by atoms with van der Waals surface area (Å²) in [6.07, 6.45) is 7.10. The number of benzene rings is 1. The molecule has 0 saturated carbocycles. The van der Waals surface area contributed by atoms with Crippen LogP contribution in [0, 0.1) is 0 Å². The van der Waals surface area contributed by atoms with Crippen molar-refractivity contribution >= 4 is 5.91 Å². The van der Waals surface area contributed by atoms with Crippen molar-refractivity contribution in [2.45, 2.75) is 31.3 Å². The van der Waals surface area contributed by atoms with Gasteiger partial charge in [0.25, 0.3) is 0 Å². The van der Waals surface area contributed by atoms with Crippen LogP contribution in [0.2, 0.25) is 0 Å². The van der Waals surface area contributed by atoms with Crippen molar-refractivity contribution in [3.63, 3.8) is 0 Å². The van der Waals surface area contributed by atoms with Crippen LogP contribution in [-0.2, 0) is 11.2 Å². The summed E-state index contributed by atoms with van der Waals surface area (Å²) >= 11 is 0. The molecule has 138 valence electrons. The van der Waals surface area contributed by atoms with Gasteiger partial charge in [-0.3, -0.25) is 14.8 Å². The fourth-order valence-corrected chi connectivity index (χ4v) is 4.30. The Kier molecular flexibility index (Phi) is 5.04. The predicted octanol–water partition coefficient (Wildman–Crippen LogP) is 1.89. The number of likely N-dealkylation sites (N-methyl/N-ethyl adjacent to an activating group) is 1. The molecule has 0 spiro atoms. The molecule has 6 heteroatoms. The van der Waals surface area contributed by atoms with Gasteiger partial charge in [-0.15, -0.1) is 0 Å². The third kappa shape index (κ3) is 3.39. The fourth-order valence-electron chi connectivity index (χ4n) is 4.30. The third-order valence-corrected chi connectivity index (χ3v) is 5.80. The van der Waals surface area contributed by atoms with Gasteiger partial charge in [0.1, 0.15) is 0 Å². The SMILES string of the molecule is CN(C(=O)CN1CCNCC1c1cn[nH]c1)C1CCCc2ccccc21. The van der Waals surface area contributed by atoms with E-state index in [1.165, 1.54) is 11.1 Å². The highest BCUT2D eigenvalue weighted by atomic mass is 16.2. The number of nitrogens with one attached hydrogen (secondary N) is 2. The number of piperazine rings is 1. The van der Waals surface area contributed by atoms with Crippen LogP contribution in [0.25, 0.3) is 0 Å². The minimum absolute atomic E-state index is 0.193. The Balaban J connectivity index is 1.47. The predicted molar refractivity (Wildman–Crippen MR) is 101 cm³/mol. The molecule has 2 heterocycles. The lowest BCUT2D eigenvalue weighted by Crippen LogP contribution is -2.50. The van der Waals surface area contributed by atoms with Gasteiger partial charge >= 0.3 is 0 Å². The van der Waals surface area contributed by atoms with Crippen LogP contribution >= 0.6 is 0 Å². The molecule has 1 fully saturated rings.